The fourth-order valence-electron chi connectivity index (χ4n) is 2.72. The molecular weight excluding hydrogens is 250 g/mol. The van der Waals surface area contributed by atoms with Gasteiger partial charge in [0.25, 0.3) is 0 Å². The Hall–Kier alpha value is -2.10. The molecule has 0 aliphatic heterocycles. The minimum atomic E-state index is 0.399. The van der Waals surface area contributed by atoms with Crippen LogP contribution in [0.25, 0.3) is 0 Å². The van der Waals surface area contributed by atoms with Gasteiger partial charge in [-0.1, -0.05) is 24.3 Å². The highest BCUT2D eigenvalue weighted by Gasteiger charge is 2.22. The molecule has 0 radical (unpaired) electrons. The number of benzene rings is 1. The van der Waals surface area contributed by atoms with Crippen molar-refractivity contribution in [1.29, 1.82) is 0 Å². The molecule has 0 unspecified atom stereocenters. The minimum Gasteiger partial charge on any atom is -0.478 e. The summed E-state index contributed by atoms with van der Waals surface area (Å²) in [6.07, 6.45) is 3.65. The number of hydrogen-bond donors (Lipinski definition) is 1. The number of hydrogen-bond acceptors (Lipinski definition) is 4. The monoisotopic (exact) mass is 269 g/mol. The van der Waals surface area contributed by atoms with Crippen molar-refractivity contribution in [2.75, 3.05) is 11.9 Å². The Balaban J connectivity index is 1.75. The van der Waals surface area contributed by atoms with Gasteiger partial charge in [-0.05, 0) is 37.8 Å². The number of rotatable bonds is 4. The zero-order valence-corrected chi connectivity index (χ0v) is 11.9. The summed E-state index contributed by atoms with van der Waals surface area (Å²) in [5.41, 5.74) is 3.84. The quantitative estimate of drug-likeness (QED) is 0.927. The van der Waals surface area contributed by atoms with Crippen LogP contribution in [0.3, 0.4) is 0 Å². The molecule has 2 aromatic rings. The number of ether oxygens (including phenoxy) is 1. The molecular formula is C16H19N3O. The molecule has 0 amide bonds. The van der Waals surface area contributed by atoms with Crippen LogP contribution in [-0.2, 0) is 12.8 Å². The molecule has 0 spiro atoms. The Bertz CT molecular complexity index is 587. The summed E-state index contributed by atoms with van der Waals surface area (Å²) in [5, 5.41) is 3.52. The van der Waals surface area contributed by atoms with E-state index in [4.69, 9.17) is 4.74 Å². The summed E-state index contributed by atoms with van der Waals surface area (Å²) in [5.74, 6) is 1.54. The summed E-state index contributed by atoms with van der Waals surface area (Å²) >= 11 is 0. The summed E-state index contributed by atoms with van der Waals surface area (Å²) in [7, 11) is 0. The first-order valence-electron chi connectivity index (χ1n) is 7.05. The highest BCUT2D eigenvalue weighted by atomic mass is 16.5. The summed E-state index contributed by atoms with van der Waals surface area (Å²) in [6, 6.07) is 9.01. The van der Waals surface area contributed by atoms with E-state index in [2.05, 4.69) is 39.6 Å². The van der Waals surface area contributed by atoms with Crippen LogP contribution in [0.5, 0.6) is 5.88 Å². The van der Waals surface area contributed by atoms with Crippen LogP contribution in [0.15, 0.2) is 30.6 Å². The van der Waals surface area contributed by atoms with Crippen molar-refractivity contribution >= 4 is 5.82 Å². The maximum Gasteiger partial charge on any atom is 0.221 e. The van der Waals surface area contributed by atoms with E-state index < -0.39 is 0 Å². The number of anilines is 1. The van der Waals surface area contributed by atoms with Gasteiger partial charge in [-0.15, -0.1) is 0 Å². The van der Waals surface area contributed by atoms with Gasteiger partial charge in [-0.3, -0.25) is 0 Å². The van der Waals surface area contributed by atoms with E-state index in [1.807, 2.05) is 13.8 Å². The highest BCUT2D eigenvalue weighted by molar-refractivity contribution is 5.50. The average molecular weight is 269 g/mol. The van der Waals surface area contributed by atoms with Gasteiger partial charge in [0.05, 0.1) is 12.2 Å². The first-order valence-corrected chi connectivity index (χ1v) is 7.05. The Morgan fingerprint density at radius 1 is 1.20 bits per heavy atom. The molecule has 0 bridgehead atoms. The van der Waals surface area contributed by atoms with Crippen molar-refractivity contribution in [2.24, 2.45) is 0 Å². The van der Waals surface area contributed by atoms with E-state index in [-0.39, 0.29) is 0 Å². The lowest BCUT2D eigenvalue weighted by molar-refractivity contribution is 0.324. The summed E-state index contributed by atoms with van der Waals surface area (Å²) < 4.78 is 5.51. The van der Waals surface area contributed by atoms with E-state index in [0.717, 1.165) is 24.2 Å². The van der Waals surface area contributed by atoms with E-state index in [0.29, 0.717) is 18.5 Å². The number of nitrogens with zero attached hydrogens (tertiary/aromatic N) is 2. The molecule has 0 saturated carbocycles. The maximum absolute atomic E-state index is 5.51. The van der Waals surface area contributed by atoms with Gasteiger partial charge in [-0.25, -0.2) is 9.97 Å². The smallest absolute Gasteiger partial charge is 0.221 e. The lowest BCUT2D eigenvalue weighted by Crippen LogP contribution is -2.21. The number of fused-ring (bicyclic) bond motifs is 1. The lowest BCUT2D eigenvalue weighted by atomic mass is 10.1. The van der Waals surface area contributed by atoms with E-state index >= 15 is 0 Å². The van der Waals surface area contributed by atoms with E-state index in [1.54, 1.807) is 6.33 Å². The molecule has 1 N–H and O–H groups in total. The molecule has 0 fully saturated rings. The SMILES string of the molecule is CCOc1ncnc(NC2Cc3ccccc3C2)c1C. The standard InChI is InChI=1S/C16H19N3O/c1-3-20-16-11(2)15(17-10-18-16)19-14-8-12-6-4-5-7-13(12)9-14/h4-7,10,14H,3,8-9H2,1-2H3,(H,17,18,19). The fourth-order valence-corrected chi connectivity index (χ4v) is 2.72. The molecule has 4 nitrogen and oxygen atoms in total. The molecule has 104 valence electrons. The summed E-state index contributed by atoms with van der Waals surface area (Å²) in [4.78, 5) is 8.51. The fraction of sp³-hybridized carbons (Fsp3) is 0.375. The van der Waals surface area contributed by atoms with Crippen molar-refractivity contribution in [1.82, 2.24) is 9.97 Å². The van der Waals surface area contributed by atoms with Crippen LogP contribution in [-0.4, -0.2) is 22.6 Å². The van der Waals surface area contributed by atoms with Crippen molar-refractivity contribution in [2.45, 2.75) is 32.7 Å². The highest BCUT2D eigenvalue weighted by Crippen LogP contribution is 2.26. The van der Waals surface area contributed by atoms with E-state index in [1.165, 1.54) is 11.1 Å². The molecule has 1 aromatic carbocycles. The van der Waals surface area contributed by atoms with Crippen LogP contribution in [0.4, 0.5) is 5.82 Å². The number of aromatic nitrogens is 2. The number of nitrogens with one attached hydrogen (secondary N) is 1. The van der Waals surface area contributed by atoms with Gasteiger partial charge in [0.2, 0.25) is 5.88 Å². The first kappa shape index (κ1) is 12.9. The van der Waals surface area contributed by atoms with Crippen molar-refractivity contribution in [3.8, 4) is 5.88 Å². The van der Waals surface area contributed by atoms with Gasteiger partial charge in [-0.2, -0.15) is 0 Å². The molecule has 4 heteroatoms. The Morgan fingerprint density at radius 2 is 1.90 bits per heavy atom. The molecule has 1 aliphatic rings. The van der Waals surface area contributed by atoms with Gasteiger partial charge in [0.15, 0.2) is 0 Å². The summed E-state index contributed by atoms with van der Waals surface area (Å²) in [6.45, 7) is 4.57. The zero-order chi connectivity index (χ0) is 13.9. The molecule has 20 heavy (non-hydrogen) atoms. The molecule has 3 rings (SSSR count). The second-order valence-electron chi connectivity index (χ2n) is 5.10. The third kappa shape index (κ3) is 2.46. The largest absolute Gasteiger partial charge is 0.478 e. The van der Waals surface area contributed by atoms with Crippen molar-refractivity contribution < 1.29 is 4.74 Å². The van der Waals surface area contributed by atoms with Crippen LogP contribution in [0.1, 0.15) is 23.6 Å². The van der Waals surface area contributed by atoms with Crippen LogP contribution in [0.2, 0.25) is 0 Å². The minimum absolute atomic E-state index is 0.399. The molecule has 1 aromatic heterocycles. The second kappa shape index (κ2) is 5.49. The third-order valence-electron chi connectivity index (χ3n) is 3.71. The molecule has 1 aliphatic carbocycles. The zero-order valence-electron chi connectivity index (χ0n) is 11.9. The van der Waals surface area contributed by atoms with Crippen LogP contribution >= 0.6 is 0 Å². The Morgan fingerprint density at radius 3 is 2.55 bits per heavy atom. The molecule has 0 atom stereocenters. The van der Waals surface area contributed by atoms with Crippen molar-refractivity contribution in [3.63, 3.8) is 0 Å². The van der Waals surface area contributed by atoms with Gasteiger partial charge in [0.1, 0.15) is 12.1 Å². The molecule has 0 saturated heterocycles. The average Bonchev–Trinajstić information content (AvgIpc) is 2.86. The first-order chi connectivity index (χ1) is 9.78. The van der Waals surface area contributed by atoms with Gasteiger partial charge >= 0.3 is 0 Å². The van der Waals surface area contributed by atoms with Crippen LogP contribution in [0, 0.1) is 6.92 Å². The maximum atomic E-state index is 5.51. The van der Waals surface area contributed by atoms with Crippen LogP contribution < -0.4 is 10.1 Å². The predicted molar refractivity (Wildman–Crippen MR) is 79.2 cm³/mol. The van der Waals surface area contributed by atoms with E-state index in [9.17, 15) is 0 Å². The van der Waals surface area contributed by atoms with Gasteiger partial charge in [0, 0.05) is 6.04 Å². The second-order valence-corrected chi connectivity index (χ2v) is 5.10. The normalized spacial score (nSPS) is 14.1. The lowest BCUT2D eigenvalue weighted by Gasteiger charge is -2.16. The third-order valence-corrected chi connectivity index (χ3v) is 3.71. The van der Waals surface area contributed by atoms with Gasteiger partial charge < -0.3 is 10.1 Å². The van der Waals surface area contributed by atoms with Crippen molar-refractivity contribution in [3.05, 3.63) is 47.3 Å². The predicted octanol–water partition coefficient (Wildman–Crippen LogP) is 2.76. The molecule has 1 heterocycles. The topological polar surface area (TPSA) is 47.0 Å². The Labute approximate surface area is 119 Å². The Kier molecular flexibility index (Phi) is 3.54.